The molecule has 0 bridgehead atoms. The number of anilines is 1. The van der Waals surface area contributed by atoms with E-state index in [0.717, 1.165) is 38.1 Å². The van der Waals surface area contributed by atoms with E-state index in [-0.39, 0.29) is 11.6 Å². The Morgan fingerprint density at radius 1 is 1.04 bits per heavy atom. The summed E-state index contributed by atoms with van der Waals surface area (Å²) >= 11 is 0. The summed E-state index contributed by atoms with van der Waals surface area (Å²) in [6.07, 6.45) is 1.70. The van der Waals surface area contributed by atoms with Crippen molar-refractivity contribution < 1.29 is 14.4 Å². The van der Waals surface area contributed by atoms with Gasteiger partial charge in [-0.2, -0.15) is 0 Å². The van der Waals surface area contributed by atoms with E-state index in [2.05, 4.69) is 9.88 Å². The maximum Gasteiger partial charge on any atom is 0.146 e. The molecule has 0 saturated carbocycles. The van der Waals surface area contributed by atoms with Gasteiger partial charge in [-0.1, -0.05) is 18.2 Å². The van der Waals surface area contributed by atoms with Gasteiger partial charge in [0, 0.05) is 17.1 Å². The van der Waals surface area contributed by atoms with Crippen LogP contribution in [-0.4, -0.2) is 36.3 Å². The summed E-state index contributed by atoms with van der Waals surface area (Å²) in [4.78, 5) is 7.87. The molecule has 2 aromatic carbocycles. The van der Waals surface area contributed by atoms with Gasteiger partial charge in [0.15, 0.2) is 0 Å². The maximum atomic E-state index is 14.0. The van der Waals surface area contributed by atoms with Crippen LogP contribution in [0.1, 0.15) is 5.56 Å². The van der Waals surface area contributed by atoms with E-state index in [1.807, 2.05) is 30.3 Å². The van der Waals surface area contributed by atoms with Gasteiger partial charge >= 0.3 is 0 Å². The van der Waals surface area contributed by atoms with E-state index in [4.69, 9.17) is 0 Å². The Balaban J connectivity index is 1.48. The molecular formula is C20H21FN3O+. The molecule has 1 aliphatic heterocycles. The van der Waals surface area contributed by atoms with Crippen molar-refractivity contribution >= 4 is 16.6 Å². The number of aromatic nitrogens is 1. The lowest BCUT2D eigenvalue weighted by Gasteiger charge is -2.34. The van der Waals surface area contributed by atoms with Crippen LogP contribution in [0, 0.1) is 5.82 Å². The number of halogens is 1. The van der Waals surface area contributed by atoms with E-state index in [0.29, 0.717) is 11.2 Å². The predicted octanol–water partition coefficient (Wildman–Crippen LogP) is 1.98. The first kappa shape index (κ1) is 15.8. The second-order valence-electron chi connectivity index (χ2n) is 6.51. The molecular weight excluding hydrogens is 317 g/mol. The van der Waals surface area contributed by atoms with E-state index < -0.39 is 0 Å². The molecule has 0 amide bonds. The van der Waals surface area contributed by atoms with Gasteiger partial charge in [0.1, 0.15) is 23.6 Å². The largest absolute Gasteiger partial charge is 0.506 e. The third-order valence-corrected chi connectivity index (χ3v) is 4.94. The Kier molecular flexibility index (Phi) is 4.24. The zero-order valence-corrected chi connectivity index (χ0v) is 14.0. The molecule has 0 unspecified atom stereocenters. The molecule has 0 aliphatic carbocycles. The van der Waals surface area contributed by atoms with E-state index in [1.165, 1.54) is 16.5 Å². The third kappa shape index (κ3) is 3.15. The van der Waals surface area contributed by atoms with Gasteiger partial charge in [-0.3, -0.25) is 4.98 Å². The van der Waals surface area contributed by atoms with Gasteiger partial charge in [-0.25, -0.2) is 4.39 Å². The van der Waals surface area contributed by atoms with Crippen LogP contribution in [0.25, 0.3) is 10.9 Å². The van der Waals surface area contributed by atoms with E-state index >= 15 is 0 Å². The number of quaternary nitrogens is 1. The molecule has 0 radical (unpaired) electrons. The van der Waals surface area contributed by atoms with Crippen molar-refractivity contribution in [3.05, 3.63) is 66.1 Å². The number of phenolic OH excluding ortho intramolecular Hbond substituents is 1. The van der Waals surface area contributed by atoms with Crippen LogP contribution in [0.15, 0.2) is 54.7 Å². The number of piperazine rings is 1. The average molecular weight is 338 g/mol. The van der Waals surface area contributed by atoms with Crippen molar-refractivity contribution in [1.82, 2.24) is 4.98 Å². The molecule has 128 valence electrons. The summed E-state index contributed by atoms with van der Waals surface area (Å²) in [6, 6.07) is 14.6. The molecule has 1 fully saturated rings. The summed E-state index contributed by atoms with van der Waals surface area (Å²) in [5.74, 6) is 0.0697. The van der Waals surface area contributed by atoms with Gasteiger partial charge in [0.2, 0.25) is 0 Å². The maximum absolute atomic E-state index is 14.0. The van der Waals surface area contributed by atoms with Gasteiger partial charge < -0.3 is 14.9 Å². The summed E-state index contributed by atoms with van der Waals surface area (Å²) in [6.45, 7) is 4.47. The summed E-state index contributed by atoms with van der Waals surface area (Å²) < 4.78 is 14.0. The number of rotatable bonds is 3. The zero-order chi connectivity index (χ0) is 17.2. The fourth-order valence-corrected chi connectivity index (χ4v) is 3.59. The molecule has 5 heteroatoms. The van der Waals surface area contributed by atoms with Crippen molar-refractivity contribution in [1.29, 1.82) is 0 Å². The molecule has 1 aliphatic rings. The Labute approximate surface area is 146 Å². The number of hydrogen-bond donors (Lipinski definition) is 2. The minimum Gasteiger partial charge on any atom is -0.506 e. The highest BCUT2D eigenvalue weighted by Crippen LogP contribution is 2.25. The normalized spacial score (nSPS) is 15.6. The highest BCUT2D eigenvalue weighted by Gasteiger charge is 2.22. The van der Waals surface area contributed by atoms with Crippen LogP contribution in [0.3, 0.4) is 0 Å². The first-order valence-corrected chi connectivity index (χ1v) is 8.61. The van der Waals surface area contributed by atoms with Crippen molar-refractivity contribution in [3.8, 4) is 5.75 Å². The van der Waals surface area contributed by atoms with E-state index in [1.54, 1.807) is 18.3 Å². The minimum absolute atomic E-state index is 0.151. The number of aromatic hydroxyl groups is 1. The SMILES string of the molecule is Oc1ccc(C[NH+]2CCN(c3ccccc3F)CC2)c2cccnc12. The number of nitrogens with one attached hydrogen (secondary N) is 1. The molecule has 3 aromatic rings. The van der Waals surface area contributed by atoms with E-state index in [9.17, 15) is 9.50 Å². The van der Waals surface area contributed by atoms with Crippen LogP contribution in [0.2, 0.25) is 0 Å². The Morgan fingerprint density at radius 3 is 2.64 bits per heavy atom. The lowest BCUT2D eigenvalue weighted by Crippen LogP contribution is -3.13. The Bertz CT molecular complexity index is 891. The lowest BCUT2D eigenvalue weighted by atomic mass is 10.1. The molecule has 25 heavy (non-hydrogen) atoms. The second kappa shape index (κ2) is 6.69. The molecule has 1 aromatic heterocycles. The van der Waals surface area contributed by atoms with Gasteiger partial charge in [-0.15, -0.1) is 0 Å². The number of pyridine rings is 1. The molecule has 4 rings (SSSR count). The minimum atomic E-state index is -0.151. The highest BCUT2D eigenvalue weighted by molar-refractivity contribution is 5.86. The smallest absolute Gasteiger partial charge is 0.146 e. The molecule has 4 nitrogen and oxygen atoms in total. The van der Waals surface area contributed by atoms with Crippen molar-refractivity contribution in [3.63, 3.8) is 0 Å². The van der Waals surface area contributed by atoms with Crippen LogP contribution in [0.4, 0.5) is 10.1 Å². The molecule has 2 heterocycles. The van der Waals surface area contributed by atoms with Gasteiger partial charge in [0.25, 0.3) is 0 Å². The van der Waals surface area contributed by atoms with Crippen LogP contribution < -0.4 is 9.80 Å². The average Bonchev–Trinajstić information content (AvgIpc) is 2.65. The number of phenols is 1. The monoisotopic (exact) mass is 338 g/mol. The van der Waals surface area contributed by atoms with Crippen LogP contribution in [0.5, 0.6) is 5.75 Å². The predicted molar refractivity (Wildman–Crippen MR) is 96.4 cm³/mol. The van der Waals surface area contributed by atoms with Crippen molar-refractivity contribution in [2.24, 2.45) is 0 Å². The Hall–Kier alpha value is -2.66. The number of para-hydroxylation sites is 1. The van der Waals surface area contributed by atoms with Crippen molar-refractivity contribution in [2.45, 2.75) is 6.54 Å². The summed E-state index contributed by atoms with van der Waals surface area (Å²) in [7, 11) is 0. The number of benzene rings is 2. The van der Waals surface area contributed by atoms with Gasteiger partial charge in [0.05, 0.1) is 31.9 Å². The topological polar surface area (TPSA) is 40.8 Å². The number of nitrogens with zero attached hydrogens (tertiary/aromatic N) is 2. The second-order valence-corrected chi connectivity index (χ2v) is 6.51. The zero-order valence-electron chi connectivity index (χ0n) is 14.0. The van der Waals surface area contributed by atoms with Crippen molar-refractivity contribution in [2.75, 3.05) is 31.1 Å². The lowest BCUT2D eigenvalue weighted by molar-refractivity contribution is -0.914. The quantitative estimate of drug-likeness (QED) is 0.767. The molecule has 2 N–H and O–H groups in total. The highest BCUT2D eigenvalue weighted by atomic mass is 19.1. The Morgan fingerprint density at radius 2 is 1.84 bits per heavy atom. The summed E-state index contributed by atoms with van der Waals surface area (Å²) in [5, 5.41) is 11.0. The first-order chi connectivity index (χ1) is 12.2. The number of hydrogen-bond acceptors (Lipinski definition) is 3. The molecule has 0 atom stereocenters. The standard InChI is InChI=1S/C20H20FN3O/c21-17-5-1-2-6-18(17)24-12-10-23(11-13-24)14-15-7-8-19(25)20-16(15)4-3-9-22-20/h1-9,25H,10-14H2/p+1. The van der Waals surface area contributed by atoms with Gasteiger partial charge in [-0.05, 0) is 30.3 Å². The van der Waals surface area contributed by atoms with Crippen LogP contribution in [-0.2, 0) is 6.54 Å². The number of fused-ring (bicyclic) bond motifs is 1. The fourth-order valence-electron chi connectivity index (χ4n) is 3.59. The molecule has 0 spiro atoms. The third-order valence-electron chi connectivity index (χ3n) is 4.94. The van der Waals surface area contributed by atoms with Crippen LogP contribution >= 0.6 is 0 Å². The summed E-state index contributed by atoms with van der Waals surface area (Å²) in [5.41, 5.74) is 2.54. The fraction of sp³-hybridized carbons (Fsp3) is 0.250. The molecule has 1 saturated heterocycles. The first-order valence-electron chi connectivity index (χ1n) is 8.61.